The maximum Gasteiger partial charge on any atom is 0.241 e. The molecule has 0 unspecified atom stereocenters. The highest BCUT2D eigenvalue weighted by atomic mass is 32.2. The van der Waals surface area contributed by atoms with E-state index in [0.717, 1.165) is 16.8 Å². The van der Waals surface area contributed by atoms with Crippen LogP contribution in [-0.4, -0.2) is 28.7 Å². The van der Waals surface area contributed by atoms with Crippen molar-refractivity contribution in [3.8, 4) is 23.3 Å². The van der Waals surface area contributed by atoms with Gasteiger partial charge in [0, 0.05) is 5.39 Å². The Hall–Kier alpha value is -3.08. The van der Waals surface area contributed by atoms with Gasteiger partial charge in [-0.05, 0) is 29.7 Å². The number of hydrogen-bond acceptors (Lipinski definition) is 4. The molecule has 5 nitrogen and oxygen atoms in total. The SMILES string of the molecule is COc1ccc(S(=O)(=O)NCC#CCOc2cccc3ccccc23)cc1F. The lowest BCUT2D eigenvalue weighted by atomic mass is 10.1. The lowest BCUT2D eigenvalue weighted by Gasteiger charge is -2.07. The molecule has 0 bridgehead atoms. The van der Waals surface area contributed by atoms with E-state index in [1.165, 1.54) is 19.2 Å². The minimum absolute atomic E-state index is 0.0238. The lowest BCUT2D eigenvalue weighted by molar-refractivity contribution is 0.374. The monoisotopic (exact) mass is 399 g/mol. The van der Waals surface area contributed by atoms with Gasteiger partial charge < -0.3 is 9.47 Å². The summed E-state index contributed by atoms with van der Waals surface area (Å²) in [6.07, 6.45) is 0. The fourth-order valence-electron chi connectivity index (χ4n) is 2.58. The van der Waals surface area contributed by atoms with Crippen LogP contribution in [0.5, 0.6) is 11.5 Å². The molecule has 0 saturated carbocycles. The zero-order valence-electron chi connectivity index (χ0n) is 15.1. The van der Waals surface area contributed by atoms with Crippen LogP contribution in [0.25, 0.3) is 10.8 Å². The van der Waals surface area contributed by atoms with Crippen LogP contribution >= 0.6 is 0 Å². The van der Waals surface area contributed by atoms with E-state index in [4.69, 9.17) is 9.47 Å². The van der Waals surface area contributed by atoms with Crippen molar-refractivity contribution in [2.24, 2.45) is 0 Å². The number of rotatable bonds is 6. The third-order valence-electron chi connectivity index (χ3n) is 3.96. The molecule has 0 spiro atoms. The van der Waals surface area contributed by atoms with Crippen molar-refractivity contribution in [1.29, 1.82) is 0 Å². The summed E-state index contributed by atoms with van der Waals surface area (Å²) < 4.78 is 50.8. The molecule has 0 fully saturated rings. The van der Waals surface area contributed by atoms with E-state index in [9.17, 15) is 12.8 Å². The third kappa shape index (κ3) is 4.60. The summed E-state index contributed by atoms with van der Waals surface area (Å²) in [7, 11) is -2.56. The zero-order valence-corrected chi connectivity index (χ0v) is 15.9. The number of ether oxygens (including phenoxy) is 2. The highest BCUT2D eigenvalue weighted by molar-refractivity contribution is 7.89. The molecule has 3 aromatic carbocycles. The van der Waals surface area contributed by atoms with Crippen molar-refractivity contribution in [2.45, 2.75) is 4.90 Å². The number of methoxy groups -OCH3 is 1. The van der Waals surface area contributed by atoms with E-state index in [1.54, 1.807) is 0 Å². The van der Waals surface area contributed by atoms with Gasteiger partial charge in [0.25, 0.3) is 0 Å². The Morgan fingerprint density at radius 1 is 1.00 bits per heavy atom. The second-order valence-corrected chi connectivity index (χ2v) is 7.51. The molecule has 0 aliphatic carbocycles. The number of hydrogen-bond donors (Lipinski definition) is 1. The normalized spacial score (nSPS) is 10.9. The summed E-state index contributed by atoms with van der Waals surface area (Å²) in [5.41, 5.74) is 0. The topological polar surface area (TPSA) is 64.6 Å². The second kappa shape index (κ2) is 8.74. The van der Waals surface area contributed by atoms with Crippen LogP contribution in [0.3, 0.4) is 0 Å². The number of benzene rings is 3. The Bertz CT molecular complexity index is 1140. The first-order valence-electron chi connectivity index (χ1n) is 8.41. The van der Waals surface area contributed by atoms with Crippen LogP contribution in [0.4, 0.5) is 4.39 Å². The number of nitrogens with one attached hydrogen (secondary N) is 1. The third-order valence-corrected chi connectivity index (χ3v) is 5.36. The molecule has 0 atom stereocenters. The molecule has 0 aliphatic rings. The van der Waals surface area contributed by atoms with Crippen molar-refractivity contribution in [3.05, 3.63) is 66.5 Å². The quantitative estimate of drug-likeness (QED) is 0.646. The Morgan fingerprint density at radius 2 is 1.79 bits per heavy atom. The summed E-state index contributed by atoms with van der Waals surface area (Å²) in [5, 5.41) is 2.04. The largest absolute Gasteiger partial charge is 0.494 e. The van der Waals surface area contributed by atoms with Gasteiger partial charge in [0.15, 0.2) is 11.6 Å². The standard InChI is InChI=1S/C21H18FNO4S/c1-26-21-12-11-17(15-19(21)22)28(24,25)23-13-4-5-14-27-20-10-6-8-16-7-2-3-9-18(16)20/h2-3,6-12,15,23H,13-14H2,1H3. The molecule has 7 heteroatoms. The lowest BCUT2D eigenvalue weighted by Crippen LogP contribution is -2.24. The van der Waals surface area contributed by atoms with Gasteiger partial charge in [-0.2, -0.15) is 4.72 Å². The van der Waals surface area contributed by atoms with Crippen molar-refractivity contribution in [2.75, 3.05) is 20.3 Å². The summed E-state index contributed by atoms with van der Waals surface area (Å²) in [6.45, 7) is 0.00176. The molecule has 3 rings (SSSR count). The fourth-order valence-corrected chi connectivity index (χ4v) is 3.51. The average molecular weight is 399 g/mol. The maximum absolute atomic E-state index is 13.7. The van der Waals surface area contributed by atoms with Gasteiger partial charge in [-0.1, -0.05) is 48.2 Å². The van der Waals surface area contributed by atoms with Gasteiger partial charge in [0.05, 0.1) is 18.6 Å². The summed E-state index contributed by atoms with van der Waals surface area (Å²) in [4.78, 5) is -0.195. The first kappa shape index (κ1) is 19.7. The predicted molar refractivity (Wildman–Crippen MR) is 105 cm³/mol. The van der Waals surface area contributed by atoms with E-state index in [0.29, 0.717) is 5.75 Å². The fraction of sp³-hybridized carbons (Fsp3) is 0.143. The Balaban J connectivity index is 1.57. The Labute approximate surface area is 163 Å². The number of halogens is 1. The summed E-state index contributed by atoms with van der Waals surface area (Å²) >= 11 is 0. The molecule has 1 N–H and O–H groups in total. The van der Waals surface area contributed by atoms with Crippen molar-refractivity contribution in [3.63, 3.8) is 0 Å². The predicted octanol–water partition coefficient (Wildman–Crippen LogP) is 3.35. The van der Waals surface area contributed by atoms with Crippen LogP contribution < -0.4 is 14.2 Å². The van der Waals surface area contributed by atoms with Gasteiger partial charge in [-0.3, -0.25) is 0 Å². The molecular formula is C21H18FNO4S. The Morgan fingerprint density at radius 3 is 2.57 bits per heavy atom. The molecule has 0 heterocycles. The highest BCUT2D eigenvalue weighted by Gasteiger charge is 2.15. The van der Waals surface area contributed by atoms with Gasteiger partial charge in [0.1, 0.15) is 12.4 Å². The molecule has 0 saturated heterocycles. The van der Waals surface area contributed by atoms with Crippen molar-refractivity contribution < 1.29 is 22.3 Å². The van der Waals surface area contributed by atoms with E-state index in [2.05, 4.69) is 16.6 Å². The molecule has 144 valence electrons. The van der Waals surface area contributed by atoms with E-state index in [1.807, 2.05) is 42.5 Å². The minimum atomic E-state index is -3.86. The molecule has 0 amide bonds. The van der Waals surface area contributed by atoms with Crippen LogP contribution in [-0.2, 0) is 10.0 Å². The van der Waals surface area contributed by atoms with E-state index in [-0.39, 0.29) is 23.8 Å². The van der Waals surface area contributed by atoms with Crippen LogP contribution in [0.1, 0.15) is 0 Å². The summed E-state index contributed by atoms with van der Waals surface area (Å²) in [5.74, 6) is 5.38. The zero-order chi connectivity index (χ0) is 20.0. The Kier molecular flexibility index (Phi) is 6.14. The number of fused-ring (bicyclic) bond motifs is 1. The van der Waals surface area contributed by atoms with Gasteiger partial charge in [-0.15, -0.1) is 0 Å². The molecule has 28 heavy (non-hydrogen) atoms. The van der Waals surface area contributed by atoms with Gasteiger partial charge in [-0.25, -0.2) is 12.8 Å². The van der Waals surface area contributed by atoms with Crippen LogP contribution in [0.2, 0.25) is 0 Å². The molecule has 0 radical (unpaired) electrons. The summed E-state index contributed by atoms with van der Waals surface area (Å²) in [6, 6.07) is 17.0. The molecule has 0 aromatic heterocycles. The van der Waals surface area contributed by atoms with Crippen molar-refractivity contribution >= 4 is 20.8 Å². The van der Waals surface area contributed by atoms with Crippen LogP contribution in [0, 0.1) is 17.7 Å². The second-order valence-electron chi connectivity index (χ2n) is 5.74. The van der Waals surface area contributed by atoms with Gasteiger partial charge >= 0.3 is 0 Å². The molecular weight excluding hydrogens is 381 g/mol. The average Bonchev–Trinajstić information content (AvgIpc) is 2.70. The maximum atomic E-state index is 13.7. The first-order chi connectivity index (χ1) is 13.5. The van der Waals surface area contributed by atoms with Crippen LogP contribution in [0.15, 0.2) is 65.6 Å². The van der Waals surface area contributed by atoms with Gasteiger partial charge in [0.2, 0.25) is 10.0 Å². The molecule has 0 aliphatic heterocycles. The van der Waals surface area contributed by atoms with E-state index < -0.39 is 15.8 Å². The minimum Gasteiger partial charge on any atom is -0.494 e. The highest BCUT2D eigenvalue weighted by Crippen LogP contribution is 2.25. The van der Waals surface area contributed by atoms with Crippen molar-refractivity contribution in [1.82, 2.24) is 4.72 Å². The molecule has 3 aromatic rings. The number of sulfonamides is 1. The van der Waals surface area contributed by atoms with E-state index >= 15 is 0 Å². The first-order valence-corrected chi connectivity index (χ1v) is 9.89. The smallest absolute Gasteiger partial charge is 0.241 e.